The summed E-state index contributed by atoms with van der Waals surface area (Å²) in [5, 5.41) is 5.62. The highest BCUT2D eigenvalue weighted by molar-refractivity contribution is 5.96. The number of nitrogens with one attached hydrogen (secondary N) is 2. The minimum absolute atomic E-state index is 0.0729. The minimum atomic E-state index is -4.35. The van der Waals surface area contributed by atoms with Gasteiger partial charge in [0.2, 0.25) is 11.8 Å². The van der Waals surface area contributed by atoms with Gasteiger partial charge in [-0.25, -0.2) is 0 Å². The van der Waals surface area contributed by atoms with E-state index in [2.05, 4.69) is 10.6 Å². The molecule has 0 saturated heterocycles. The van der Waals surface area contributed by atoms with Gasteiger partial charge in [-0.15, -0.1) is 0 Å². The third-order valence-corrected chi connectivity index (χ3v) is 4.85. The van der Waals surface area contributed by atoms with E-state index in [-0.39, 0.29) is 24.2 Å². The second-order valence-corrected chi connectivity index (χ2v) is 6.88. The molecule has 28 heavy (non-hydrogen) atoms. The van der Waals surface area contributed by atoms with Gasteiger partial charge in [-0.05, 0) is 48.6 Å². The number of hydrogen-bond acceptors (Lipinski definition) is 2. The highest BCUT2D eigenvalue weighted by Gasteiger charge is 2.30. The molecule has 0 aromatic heterocycles. The van der Waals surface area contributed by atoms with E-state index in [0.29, 0.717) is 25.8 Å². The molecule has 1 aliphatic rings. The number of alkyl halides is 3. The van der Waals surface area contributed by atoms with Crippen molar-refractivity contribution in [2.75, 3.05) is 11.9 Å². The van der Waals surface area contributed by atoms with Crippen molar-refractivity contribution < 1.29 is 22.8 Å². The van der Waals surface area contributed by atoms with Crippen LogP contribution in [0.3, 0.4) is 0 Å². The summed E-state index contributed by atoms with van der Waals surface area (Å²) in [6.07, 6.45) is -2.61. The van der Waals surface area contributed by atoms with Crippen molar-refractivity contribution in [2.24, 2.45) is 5.92 Å². The molecule has 4 nitrogen and oxygen atoms in total. The molecule has 0 saturated carbocycles. The van der Waals surface area contributed by atoms with Crippen molar-refractivity contribution in [3.8, 4) is 0 Å². The van der Waals surface area contributed by atoms with Crippen molar-refractivity contribution in [2.45, 2.75) is 31.9 Å². The summed E-state index contributed by atoms with van der Waals surface area (Å²) in [5.41, 5.74) is 1.92. The van der Waals surface area contributed by atoms with E-state index in [1.807, 2.05) is 24.3 Å². The second-order valence-electron chi connectivity index (χ2n) is 6.88. The van der Waals surface area contributed by atoms with Crippen LogP contribution in [0.4, 0.5) is 18.9 Å². The van der Waals surface area contributed by atoms with Crippen LogP contribution in [0.15, 0.2) is 48.5 Å². The molecule has 0 spiro atoms. The smallest absolute Gasteiger partial charge is 0.356 e. The molecule has 0 bridgehead atoms. The van der Waals surface area contributed by atoms with Gasteiger partial charge in [0.25, 0.3) is 0 Å². The zero-order valence-electron chi connectivity index (χ0n) is 15.2. The number of carbonyl (C=O) groups is 2. The van der Waals surface area contributed by atoms with E-state index < -0.39 is 11.7 Å². The molecule has 0 radical (unpaired) electrons. The average Bonchev–Trinajstić information content (AvgIpc) is 2.66. The number of amides is 2. The fourth-order valence-corrected chi connectivity index (χ4v) is 3.25. The zero-order chi connectivity index (χ0) is 20.1. The number of rotatable bonds is 6. The first kappa shape index (κ1) is 19.9. The van der Waals surface area contributed by atoms with Crippen LogP contribution < -0.4 is 10.6 Å². The van der Waals surface area contributed by atoms with Gasteiger partial charge in [0.1, 0.15) is 0 Å². The van der Waals surface area contributed by atoms with Crippen LogP contribution in [0.1, 0.15) is 29.5 Å². The Bertz CT molecular complexity index is 847. The van der Waals surface area contributed by atoms with Crippen LogP contribution in [-0.4, -0.2) is 18.4 Å². The van der Waals surface area contributed by atoms with Gasteiger partial charge in [0, 0.05) is 24.6 Å². The summed E-state index contributed by atoms with van der Waals surface area (Å²) < 4.78 is 37.6. The van der Waals surface area contributed by atoms with Gasteiger partial charge in [0.05, 0.1) is 5.56 Å². The predicted octanol–water partition coefficient (Wildman–Crippen LogP) is 3.96. The predicted molar refractivity (Wildman–Crippen MR) is 99.7 cm³/mol. The molecular formula is C21H21F3N2O2. The highest BCUT2D eigenvalue weighted by atomic mass is 19.4. The highest BCUT2D eigenvalue weighted by Crippen LogP contribution is 2.29. The topological polar surface area (TPSA) is 58.2 Å². The Morgan fingerprint density at radius 1 is 1.11 bits per heavy atom. The Morgan fingerprint density at radius 2 is 1.82 bits per heavy atom. The third kappa shape index (κ3) is 5.12. The molecule has 0 fully saturated rings. The number of carbonyl (C=O) groups excluding carboxylic acids is 2. The molecule has 3 rings (SSSR count). The maximum Gasteiger partial charge on any atom is 0.416 e. The number of anilines is 1. The summed E-state index contributed by atoms with van der Waals surface area (Å²) in [6, 6.07) is 12.5. The van der Waals surface area contributed by atoms with Crippen molar-refractivity contribution in [3.05, 3.63) is 65.2 Å². The van der Waals surface area contributed by atoms with Gasteiger partial charge < -0.3 is 10.6 Å². The second kappa shape index (κ2) is 8.46. The summed E-state index contributed by atoms with van der Waals surface area (Å²) in [6.45, 7) is 0.337. The average molecular weight is 390 g/mol. The van der Waals surface area contributed by atoms with Crippen molar-refractivity contribution in [3.63, 3.8) is 0 Å². The molecule has 148 valence electrons. The fraction of sp³-hybridized carbons (Fsp3) is 0.333. The third-order valence-electron chi connectivity index (χ3n) is 4.85. The number of hydrogen-bond donors (Lipinski definition) is 2. The van der Waals surface area contributed by atoms with E-state index >= 15 is 0 Å². The Hall–Kier alpha value is -2.83. The van der Waals surface area contributed by atoms with Crippen LogP contribution in [0.25, 0.3) is 0 Å². The van der Waals surface area contributed by atoms with E-state index in [9.17, 15) is 22.8 Å². The minimum Gasteiger partial charge on any atom is -0.356 e. The molecule has 1 atom stereocenters. The fourth-order valence-electron chi connectivity index (χ4n) is 3.25. The van der Waals surface area contributed by atoms with E-state index in [0.717, 1.165) is 28.9 Å². The first-order valence-electron chi connectivity index (χ1n) is 9.14. The molecular weight excluding hydrogens is 369 g/mol. The van der Waals surface area contributed by atoms with Gasteiger partial charge in [0.15, 0.2) is 0 Å². The van der Waals surface area contributed by atoms with Crippen molar-refractivity contribution >= 4 is 17.5 Å². The summed E-state index contributed by atoms with van der Waals surface area (Å²) in [4.78, 5) is 24.2. The first-order valence-corrected chi connectivity index (χ1v) is 9.14. The van der Waals surface area contributed by atoms with Crippen LogP contribution in [0, 0.1) is 5.92 Å². The number of para-hydroxylation sites is 1. The number of benzene rings is 2. The van der Waals surface area contributed by atoms with E-state index in [1.165, 1.54) is 12.1 Å². The Morgan fingerprint density at radius 3 is 2.54 bits per heavy atom. The Kier molecular flexibility index (Phi) is 6.02. The number of halogens is 3. The Balaban J connectivity index is 1.41. The number of fused-ring (bicyclic) bond motifs is 1. The van der Waals surface area contributed by atoms with Gasteiger partial charge in [-0.3, -0.25) is 9.59 Å². The normalized spacial score (nSPS) is 16.2. The van der Waals surface area contributed by atoms with E-state index in [1.54, 1.807) is 0 Å². The molecule has 7 heteroatoms. The van der Waals surface area contributed by atoms with Gasteiger partial charge in [-0.2, -0.15) is 13.2 Å². The SMILES string of the molecule is O=C(CCC1Cc2ccccc2NC1=O)NCCc1ccc(C(F)(F)F)cc1. The molecule has 2 N–H and O–H groups in total. The maximum absolute atomic E-state index is 12.5. The zero-order valence-corrected chi connectivity index (χ0v) is 15.2. The first-order chi connectivity index (χ1) is 13.3. The molecule has 2 aromatic carbocycles. The van der Waals surface area contributed by atoms with Crippen molar-refractivity contribution in [1.82, 2.24) is 5.32 Å². The van der Waals surface area contributed by atoms with Gasteiger partial charge >= 0.3 is 6.18 Å². The Labute approximate surface area is 161 Å². The molecule has 1 aliphatic heterocycles. The van der Waals surface area contributed by atoms with Crippen LogP contribution >= 0.6 is 0 Å². The van der Waals surface area contributed by atoms with Crippen LogP contribution in [0.2, 0.25) is 0 Å². The summed E-state index contributed by atoms with van der Waals surface area (Å²) >= 11 is 0. The molecule has 1 heterocycles. The molecule has 2 amide bonds. The van der Waals surface area contributed by atoms with Gasteiger partial charge in [-0.1, -0.05) is 30.3 Å². The maximum atomic E-state index is 12.5. The summed E-state index contributed by atoms with van der Waals surface area (Å²) in [7, 11) is 0. The molecule has 0 aliphatic carbocycles. The quantitative estimate of drug-likeness (QED) is 0.785. The van der Waals surface area contributed by atoms with E-state index in [4.69, 9.17) is 0 Å². The monoisotopic (exact) mass is 390 g/mol. The van der Waals surface area contributed by atoms with Crippen LogP contribution in [0.5, 0.6) is 0 Å². The lowest BCUT2D eigenvalue weighted by atomic mass is 9.89. The lowest BCUT2D eigenvalue weighted by Crippen LogP contribution is -2.32. The molecule has 1 unspecified atom stereocenters. The standard InChI is InChI=1S/C21H21F3N2O2/c22-21(23,24)17-8-5-14(6-9-17)11-12-25-19(27)10-7-16-13-15-3-1-2-4-18(15)26-20(16)28/h1-6,8-9,16H,7,10-13H2,(H,25,27)(H,26,28). The van der Waals surface area contributed by atoms with Crippen molar-refractivity contribution in [1.29, 1.82) is 0 Å². The summed E-state index contributed by atoms with van der Waals surface area (Å²) in [5.74, 6) is -0.481. The molecule has 2 aromatic rings. The lowest BCUT2D eigenvalue weighted by molar-refractivity contribution is -0.137. The largest absolute Gasteiger partial charge is 0.416 e. The van der Waals surface area contributed by atoms with Crippen LogP contribution in [-0.2, 0) is 28.6 Å². The lowest BCUT2D eigenvalue weighted by Gasteiger charge is -2.24.